The average molecular weight is 359 g/mol. The summed E-state index contributed by atoms with van der Waals surface area (Å²) in [5.74, 6) is 0.945. The van der Waals surface area contributed by atoms with E-state index >= 15 is 0 Å². The van der Waals surface area contributed by atoms with E-state index in [1.807, 2.05) is 23.6 Å². The van der Waals surface area contributed by atoms with Gasteiger partial charge in [0.25, 0.3) is 5.91 Å². The van der Waals surface area contributed by atoms with E-state index in [1.54, 1.807) is 0 Å². The maximum atomic E-state index is 12.4. The van der Waals surface area contributed by atoms with Gasteiger partial charge in [-0.1, -0.05) is 12.1 Å². The van der Waals surface area contributed by atoms with E-state index in [-0.39, 0.29) is 5.91 Å². The number of carbonyl (C=O) groups is 1. The summed E-state index contributed by atoms with van der Waals surface area (Å²) < 4.78 is 5.93. The first-order chi connectivity index (χ1) is 12.0. The van der Waals surface area contributed by atoms with Crippen molar-refractivity contribution < 1.29 is 9.53 Å². The van der Waals surface area contributed by atoms with Gasteiger partial charge in [-0.05, 0) is 75.5 Å². The summed E-state index contributed by atoms with van der Waals surface area (Å²) >= 11 is 1.49. The minimum atomic E-state index is 0.0394. The molecule has 4 nitrogen and oxygen atoms in total. The number of nitrogens with one attached hydrogen (secondary N) is 1. The molecule has 1 aromatic carbocycles. The standard InChI is InChI=1S/C20H26N2O2S/c1-14-5-4-6-18(15(14)2)24-12-16-11-19(25-13-16)20(23)21-17-7-9-22(3)10-8-17/h4-6,11,13,17H,7-10,12H2,1-3H3,(H,21,23). The highest BCUT2D eigenvalue weighted by Gasteiger charge is 2.20. The first kappa shape index (κ1) is 18.0. The SMILES string of the molecule is Cc1cccc(OCc2csc(C(=O)NC3CCN(C)CC3)c2)c1C. The normalized spacial score (nSPS) is 16.0. The summed E-state index contributed by atoms with van der Waals surface area (Å²) in [5.41, 5.74) is 3.43. The molecule has 1 N–H and O–H groups in total. The Hall–Kier alpha value is -1.85. The van der Waals surface area contributed by atoms with Crippen LogP contribution in [0.25, 0.3) is 0 Å². The molecule has 1 aromatic heterocycles. The fraction of sp³-hybridized carbons (Fsp3) is 0.450. The zero-order valence-electron chi connectivity index (χ0n) is 15.2. The molecule has 0 saturated carbocycles. The molecule has 1 saturated heterocycles. The molecule has 5 heteroatoms. The molecular formula is C20H26N2O2S. The number of hydrogen-bond acceptors (Lipinski definition) is 4. The summed E-state index contributed by atoms with van der Waals surface area (Å²) in [4.78, 5) is 15.5. The van der Waals surface area contributed by atoms with Crippen molar-refractivity contribution >= 4 is 17.2 Å². The number of benzene rings is 1. The van der Waals surface area contributed by atoms with Gasteiger partial charge in [-0.15, -0.1) is 11.3 Å². The number of rotatable bonds is 5. The monoisotopic (exact) mass is 358 g/mol. The van der Waals surface area contributed by atoms with Gasteiger partial charge >= 0.3 is 0 Å². The van der Waals surface area contributed by atoms with Crippen LogP contribution in [0, 0.1) is 13.8 Å². The van der Waals surface area contributed by atoms with Crippen LogP contribution in [0.15, 0.2) is 29.6 Å². The number of ether oxygens (including phenoxy) is 1. The molecule has 1 aliphatic heterocycles. The van der Waals surface area contributed by atoms with E-state index in [4.69, 9.17) is 4.74 Å². The highest BCUT2D eigenvalue weighted by molar-refractivity contribution is 7.12. The van der Waals surface area contributed by atoms with Crippen LogP contribution >= 0.6 is 11.3 Å². The molecule has 0 aliphatic carbocycles. The molecule has 0 atom stereocenters. The summed E-state index contributed by atoms with van der Waals surface area (Å²) in [7, 11) is 2.12. The summed E-state index contributed by atoms with van der Waals surface area (Å²) in [5, 5.41) is 5.17. The van der Waals surface area contributed by atoms with Gasteiger partial charge < -0.3 is 15.0 Å². The van der Waals surface area contributed by atoms with Gasteiger partial charge in [-0.2, -0.15) is 0 Å². The van der Waals surface area contributed by atoms with Gasteiger partial charge in [0.15, 0.2) is 0 Å². The Bertz CT molecular complexity index is 733. The Balaban J connectivity index is 1.55. The second-order valence-corrected chi connectivity index (χ2v) is 7.77. The minimum Gasteiger partial charge on any atom is -0.489 e. The van der Waals surface area contributed by atoms with Gasteiger partial charge in [0.2, 0.25) is 0 Å². The average Bonchev–Trinajstić information content (AvgIpc) is 3.07. The lowest BCUT2D eigenvalue weighted by molar-refractivity contribution is 0.0921. The summed E-state index contributed by atoms with van der Waals surface area (Å²) in [6.07, 6.45) is 2.05. The Labute approximate surface area is 153 Å². The Morgan fingerprint density at radius 1 is 1.32 bits per heavy atom. The number of likely N-dealkylation sites (tertiary alicyclic amines) is 1. The lowest BCUT2D eigenvalue weighted by Gasteiger charge is -2.29. The lowest BCUT2D eigenvalue weighted by Crippen LogP contribution is -2.43. The maximum absolute atomic E-state index is 12.4. The van der Waals surface area contributed by atoms with Crippen LogP contribution in [0.1, 0.15) is 39.2 Å². The molecule has 1 aliphatic rings. The van der Waals surface area contributed by atoms with Crippen LogP contribution in [-0.2, 0) is 6.61 Å². The zero-order chi connectivity index (χ0) is 17.8. The van der Waals surface area contributed by atoms with E-state index < -0.39 is 0 Å². The number of piperidine rings is 1. The van der Waals surface area contributed by atoms with Crippen LogP contribution in [0.3, 0.4) is 0 Å². The van der Waals surface area contributed by atoms with Crippen molar-refractivity contribution in [3.8, 4) is 5.75 Å². The fourth-order valence-electron chi connectivity index (χ4n) is 3.02. The predicted molar refractivity (Wildman–Crippen MR) is 103 cm³/mol. The molecule has 0 bridgehead atoms. The van der Waals surface area contributed by atoms with Gasteiger partial charge in [-0.3, -0.25) is 4.79 Å². The van der Waals surface area contributed by atoms with Crippen molar-refractivity contribution in [2.45, 2.75) is 39.3 Å². The first-order valence-electron chi connectivity index (χ1n) is 8.79. The van der Waals surface area contributed by atoms with Gasteiger partial charge in [0.05, 0.1) is 4.88 Å². The van der Waals surface area contributed by atoms with Crippen LogP contribution in [0.2, 0.25) is 0 Å². The summed E-state index contributed by atoms with van der Waals surface area (Å²) in [6.45, 7) is 6.73. The highest BCUT2D eigenvalue weighted by Crippen LogP contribution is 2.23. The summed E-state index contributed by atoms with van der Waals surface area (Å²) in [6, 6.07) is 8.31. The van der Waals surface area contributed by atoms with E-state index in [0.29, 0.717) is 12.6 Å². The first-order valence-corrected chi connectivity index (χ1v) is 9.66. The molecule has 0 spiro atoms. The number of hydrogen-bond donors (Lipinski definition) is 1. The largest absolute Gasteiger partial charge is 0.489 e. The predicted octanol–water partition coefficient (Wildman–Crippen LogP) is 3.77. The Morgan fingerprint density at radius 3 is 2.84 bits per heavy atom. The van der Waals surface area contributed by atoms with Crippen molar-refractivity contribution in [1.82, 2.24) is 10.2 Å². The number of aryl methyl sites for hydroxylation is 1. The molecule has 1 amide bonds. The number of thiophene rings is 1. The topological polar surface area (TPSA) is 41.6 Å². The van der Waals surface area contributed by atoms with Crippen molar-refractivity contribution in [1.29, 1.82) is 0 Å². The van der Waals surface area contributed by atoms with Crippen molar-refractivity contribution in [2.75, 3.05) is 20.1 Å². The van der Waals surface area contributed by atoms with E-state index in [0.717, 1.165) is 47.7 Å². The van der Waals surface area contributed by atoms with Gasteiger partial charge in [0.1, 0.15) is 12.4 Å². The Kier molecular flexibility index (Phi) is 5.76. The van der Waals surface area contributed by atoms with E-state index in [9.17, 15) is 4.79 Å². The minimum absolute atomic E-state index is 0.0394. The molecule has 3 rings (SSSR count). The second kappa shape index (κ2) is 8.02. The van der Waals surface area contributed by atoms with E-state index in [1.165, 1.54) is 16.9 Å². The Morgan fingerprint density at radius 2 is 2.08 bits per heavy atom. The third-order valence-electron chi connectivity index (χ3n) is 4.88. The van der Waals surface area contributed by atoms with Crippen LogP contribution in [0.4, 0.5) is 0 Å². The molecule has 2 heterocycles. The molecule has 1 fully saturated rings. The molecule has 0 radical (unpaired) electrons. The van der Waals surface area contributed by atoms with Gasteiger partial charge in [0, 0.05) is 11.6 Å². The fourth-order valence-corrected chi connectivity index (χ4v) is 3.82. The molecule has 2 aromatic rings. The number of amides is 1. The van der Waals surface area contributed by atoms with Gasteiger partial charge in [-0.25, -0.2) is 0 Å². The smallest absolute Gasteiger partial charge is 0.261 e. The van der Waals surface area contributed by atoms with Crippen LogP contribution < -0.4 is 10.1 Å². The second-order valence-electron chi connectivity index (χ2n) is 6.86. The lowest BCUT2D eigenvalue weighted by atomic mass is 10.1. The molecule has 134 valence electrons. The molecule has 25 heavy (non-hydrogen) atoms. The molecule has 0 unspecified atom stereocenters. The van der Waals surface area contributed by atoms with Crippen LogP contribution in [-0.4, -0.2) is 37.0 Å². The quantitative estimate of drug-likeness (QED) is 0.885. The van der Waals surface area contributed by atoms with Crippen molar-refractivity contribution in [3.05, 3.63) is 51.2 Å². The maximum Gasteiger partial charge on any atom is 0.261 e. The number of carbonyl (C=O) groups excluding carboxylic acids is 1. The highest BCUT2D eigenvalue weighted by atomic mass is 32.1. The third-order valence-corrected chi connectivity index (χ3v) is 5.86. The van der Waals surface area contributed by atoms with Crippen LogP contribution in [0.5, 0.6) is 5.75 Å². The molecular weight excluding hydrogens is 332 g/mol. The van der Waals surface area contributed by atoms with E-state index in [2.05, 4.69) is 37.2 Å². The van der Waals surface area contributed by atoms with Crippen molar-refractivity contribution in [2.24, 2.45) is 0 Å². The number of nitrogens with zero attached hydrogens (tertiary/aromatic N) is 1. The van der Waals surface area contributed by atoms with Crippen molar-refractivity contribution in [3.63, 3.8) is 0 Å². The third kappa shape index (κ3) is 4.61. The zero-order valence-corrected chi connectivity index (χ0v) is 16.0.